The summed E-state index contributed by atoms with van der Waals surface area (Å²) in [5.41, 5.74) is 1.99. The van der Waals surface area contributed by atoms with Crippen LogP contribution < -0.4 is 20.3 Å². The van der Waals surface area contributed by atoms with Gasteiger partial charge in [0, 0.05) is 47.8 Å². The van der Waals surface area contributed by atoms with Crippen molar-refractivity contribution in [3.63, 3.8) is 0 Å². The Hall–Kier alpha value is -4.03. The molecule has 0 heterocycles. The number of nitro groups is 1. The van der Waals surface area contributed by atoms with E-state index in [0.29, 0.717) is 11.4 Å². The molecule has 10 nitrogen and oxygen atoms in total. The van der Waals surface area contributed by atoms with Crippen LogP contribution in [-0.2, 0) is 10.0 Å². The molecule has 12 heteroatoms. The van der Waals surface area contributed by atoms with Crippen LogP contribution in [-0.4, -0.2) is 37.5 Å². The largest absolute Gasteiger partial charge is 0.372 e. The van der Waals surface area contributed by atoms with Crippen LogP contribution in [0.1, 0.15) is 24.2 Å². The van der Waals surface area contributed by atoms with Crippen molar-refractivity contribution in [3.05, 3.63) is 88.5 Å². The molecule has 0 unspecified atom stereocenters. The van der Waals surface area contributed by atoms with E-state index in [-0.39, 0.29) is 21.3 Å². The van der Waals surface area contributed by atoms with E-state index in [4.69, 9.17) is 12.2 Å². The summed E-state index contributed by atoms with van der Waals surface area (Å²) in [6, 6.07) is 18.1. The molecule has 0 saturated carbocycles. The summed E-state index contributed by atoms with van der Waals surface area (Å²) >= 11 is 5.13. The van der Waals surface area contributed by atoms with Gasteiger partial charge in [0.1, 0.15) is 0 Å². The molecule has 0 fully saturated rings. The second-order valence-corrected chi connectivity index (χ2v) is 9.65. The van der Waals surface area contributed by atoms with Crippen molar-refractivity contribution in [1.29, 1.82) is 0 Å². The topological polar surface area (TPSA) is 134 Å². The molecule has 0 radical (unpaired) electrons. The van der Waals surface area contributed by atoms with E-state index in [1.165, 1.54) is 48.5 Å². The van der Waals surface area contributed by atoms with E-state index < -0.39 is 20.9 Å². The number of hydrogen-bond acceptors (Lipinski definition) is 7. The van der Waals surface area contributed by atoms with E-state index in [0.717, 1.165) is 18.8 Å². The SMILES string of the molecule is CCN(CC)c1ccc(NS(=O)(=O)c2ccc(NC(=S)NC(=O)c3ccc([N+](=O)[O-])cc3)cc2)cc1. The predicted octanol–water partition coefficient (Wildman–Crippen LogP) is 4.37. The molecule has 3 N–H and O–H groups in total. The van der Waals surface area contributed by atoms with Gasteiger partial charge >= 0.3 is 0 Å². The second kappa shape index (κ2) is 11.6. The van der Waals surface area contributed by atoms with Crippen LogP contribution in [0, 0.1) is 10.1 Å². The van der Waals surface area contributed by atoms with Crippen LogP contribution in [0.4, 0.5) is 22.7 Å². The van der Waals surface area contributed by atoms with Gasteiger partial charge in [-0.15, -0.1) is 0 Å². The van der Waals surface area contributed by atoms with Gasteiger partial charge < -0.3 is 10.2 Å². The van der Waals surface area contributed by atoms with Crippen LogP contribution in [0.5, 0.6) is 0 Å². The van der Waals surface area contributed by atoms with Crippen molar-refractivity contribution in [2.24, 2.45) is 0 Å². The van der Waals surface area contributed by atoms with Crippen LogP contribution in [0.15, 0.2) is 77.7 Å². The number of amides is 1. The molecule has 3 aromatic carbocycles. The summed E-state index contributed by atoms with van der Waals surface area (Å²) in [7, 11) is -3.81. The Balaban J connectivity index is 1.60. The van der Waals surface area contributed by atoms with Gasteiger partial charge in [0.2, 0.25) is 0 Å². The highest BCUT2D eigenvalue weighted by molar-refractivity contribution is 7.92. The molecule has 0 aliphatic carbocycles. The van der Waals surface area contributed by atoms with Crippen molar-refractivity contribution in [3.8, 4) is 0 Å². The van der Waals surface area contributed by atoms with Gasteiger partial charge in [-0.05, 0) is 86.7 Å². The highest BCUT2D eigenvalue weighted by atomic mass is 32.2. The fraction of sp³-hybridized carbons (Fsp3) is 0.167. The Morgan fingerprint density at radius 3 is 2.00 bits per heavy atom. The zero-order valence-electron chi connectivity index (χ0n) is 19.6. The number of non-ortho nitro benzene ring substituents is 1. The summed E-state index contributed by atoms with van der Waals surface area (Å²) in [6.07, 6.45) is 0. The van der Waals surface area contributed by atoms with Crippen molar-refractivity contribution < 1.29 is 18.1 Å². The lowest BCUT2D eigenvalue weighted by atomic mass is 10.2. The highest BCUT2D eigenvalue weighted by Gasteiger charge is 2.15. The van der Waals surface area contributed by atoms with E-state index in [9.17, 15) is 23.3 Å². The quantitative estimate of drug-likeness (QED) is 0.212. The van der Waals surface area contributed by atoms with Crippen molar-refractivity contribution in [2.45, 2.75) is 18.7 Å². The van der Waals surface area contributed by atoms with Gasteiger partial charge in [-0.2, -0.15) is 0 Å². The standard InChI is InChI=1S/C24H25N5O5S2/c1-3-28(4-2)20-13-7-19(8-14-20)27-36(33,34)22-15-9-18(10-16-22)25-24(35)26-23(30)17-5-11-21(12-6-17)29(31)32/h5-16,27H,3-4H2,1-2H3,(H2,25,26,30,35). The van der Waals surface area contributed by atoms with Crippen molar-refractivity contribution in [1.82, 2.24) is 5.32 Å². The Kier molecular flexibility index (Phi) is 8.56. The Bertz CT molecular complexity index is 1340. The van der Waals surface area contributed by atoms with E-state index in [2.05, 4.69) is 34.1 Å². The zero-order valence-corrected chi connectivity index (χ0v) is 21.2. The first-order valence-corrected chi connectivity index (χ1v) is 12.9. The first-order chi connectivity index (χ1) is 17.1. The van der Waals surface area contributed by atoms with Crippen LogP contribution in [0.3, 0.4) is 0 Å². The molecule has 188 valence electrons. The molecule has 0 aromatic heterocycles. The number of nitrogens with one attached hydrogen (secondary N) is 3. The first-order valence-electron chi connectivity index (χ1n) is 11.0. The predicted molar refractivity (Wildman–Crippen MR) is 144 cm³/mol. The smallest absolute Gasteiger partial charge is 0.269 e. The molecule has 1 amide bonds. The third-order valence-corrected chi connectivity index (χ3v) is 6.84. The van der Waals surface area contributed by atoms with Gasteiger partial charge in [0.15, 0.2) is 5.11 Å². The van der Waals surface area contributed by atoms with Crippen molar-refractivity contribution in [2.75, 3.05) is 28.0 Å². The monoisotopic (exact) mass is 527 g/mol. The molecule has 0 aliphatic heterocycles. The Labute approximate surface area is 214 Å². The van der Waals surface area contributed by atoms with E-state index >= 15 is 0 Å². The number of sulfonamides is 1. The molecule has 0 aliphatic rings. The van der Waals surface area contributed by atoms with Crippen LogP contribution >= 0.6 is 12.2 Å². The number of nitrogens with zero attached hydrogens (tertiary/aromatic N) is 2. The molecule has 0 saturated heterocycles. The number of carbonyl (C=O) groups excluding carboxylic acids is 1. The minimum Gasteiger partial charge on any atom is -0.372 e. The number of carbonyl (C=O) groups is 1. The molecule has 3 aromatic rings. The number of benzene rings is 3. The van der Waals surface area contributed by atoms with Gasteiger partial charge in [0.25, 0.3) is 21.6 Å². The van der Waals surface area contributed by atoms with E-state index in [1.807, 2.05) is 12.1 Å². The summed E-state index contributed by atoms with van der Waals surface area (Å²) in [6.45, 7) is 5.81. The summed E-state index contributed by atoms with van der Waals surface area (Å²) in [5, 5.41) is 16.0. The zero-order chi connectivity index (χ0) is 26.3. The fourth-order valence-electron chi connectivity index (χ4n) is 3.33. The second-order valence-electron chi connectivity index (χ2n) is 7.56. The third kappa shape index (κ3) is 6.77. The average Bonchev–Trinajstić information content (AvgIpc) is 2.86. The molecule has 0 bridgehead atoms. The van der Waals surface area contributed by atoms with Gasteiger partial charge in [-0.25, -0.2) is 8.42 Å². The summed E-state index contributed by atoms with van der Waals surface area (Å²) in [5.74, 6) is -0.544. The van der Waals surface area contributed by atoms with Crippen molar-refractivity contribution >= 4 is 56.0 Å². The lowest BCUT2D eigenvalue weighted by molar-refractivity contribution is -0.384. The molecular weight excluding hydrogens is 502 g/mol. The molecule has 3 rings (SSSR count). The number of anilines is 3. The molecule has 36 heavy (non-hydrogen) atoms. The summed E-state index contributed by atoms with van der Waals surface area (Å²) < 4.78 is 28.1. The maximum absolute atomic E-state index is 12.8. The first kappa shape index (κ1) is 26.6. The number of nitro benzene ring substituents is 1. The molecule has 0 spiro atoms. The van der Waals surface area contributed by atoms with Gasteiger partial charge in [0.05, 0.1) is 9.82 Å². The van der Waals surface area contributed by atoms with Gasteiger partial charge in [-0.3, -0.25) is 24.9 Å². The fourth-order valence-corrected chi connectivity index (χ4v) is 4.60. The van der Waals surface area contributed by atoms with Crippen LogP contribution in [0.25, 0.3) is 0 Å². The molecular formula is C24H25N5O5S2. The maximum Gasteiger partial charge on any atom is 0.269 e. The number of hydrogen-bond donors (Lipinski definition) is 3. The highest BCUT2D eigenvalue weighted by Crippen LogP contribution is 2.22. The minimum atomic E-state index is -3.81. The van der Waals surface area contributed by atoms with Crippen LogP contribution in [0.2, 0.25) is 0 Å². The summed E-state index contributed by atoms with van der Waals surface area (Å²) in [4.78, 5) is 24.7. The number of thiocarbonyl (C=S) groups is 1. The Morgan fingerprint density at radius 1 is 0.917 bits per heavy atom. The lowest BCUT2D eigenvalue weighted by Crippen LogP contribution is -2.34. The lowest BCUT2D eigenvalue weighted by Gasteiger charge is -2.21. The normalized spacial score (nSPS) is 10.8. The van der Waals surface area contributed by atoms with Gasteiger partial charge in [-0.1, -0.05) is 0 Å². The van der Waals surface area contributed by atoms with E-state index in [1.54, 1.807) is 12.1 Å². The average molecular weight is 528 g/mol. The number of rotatable bonds is 9. The minimum absolute atomic E-state index is 0.0135. The Morgan fingerprint density at radius 2 is 1.47 bits per heavy atom. The maximum atomic E-state index is 12.8. The third-order valence-electron chi connectivity index (χ3n) is 5.24. The molecule has 0 atom stereocenters.